The van der Waals surface area contributed by atoms with Crippen LogP contribution in [0.1, 0.15) is 67.6 Å². The number of thiazole rings is 1. The molecule has 0 radical (unpaired) electrons. The van der Waals surface area contributed by atoms with Gasteiger partial charge in [0.1, 0.15) is 14.8 Å². The van der Waals surface area contributed by atoms with Crippen LogP contribution >= 0.6 is 11.3 Å². The van der Waals surface area contributed by atoms with Crippen molar-refractivity contribution in [1.82, 2.24) is 4.98 Å². The number of rotatable bonds is 5. The van der Waals surface area contributed by atoms with Gasteiger partial charge in [-0.05, 0) is 74.5 Å². The van der Waals surface area contributed by atoms with Gasteiger partial charge in [-0.2, -0.15) is 0 Å². The van der Waals surface area contributed by atoms with Crippen molar-refractivity contribution >= 4 is 33.7 Å². The van der Waals surface area contributed by atoms with Gasteiger partial charge in [0.15, 0.2) is 0 Å². The van der Waals surface area contributed by atoms with Gasteiger partial charge in [-0.1, -0.05) is 19.1 Å². The van der Waals surface area contributed by atoms with Crippen molar-refractivity contribution in [2.45, 2.75) is 68.6 Å². The molecule has 2 N–H and O–H groups in total. The SMILES string of the molecule is C[C@H](c1ccc2c(c1NC(=O)N=[SH](=O)c1cnc(C(C)(C)O)s1)CCC2)C1CC1. The minimum Gasteiger partial charge on any atom is -0.383 e. The monoisotopic (exact) mass is 433 g/mol. The van der Waals surface area contributed by atoms with Crippen LogP contribution in [0.3, 0.4) is 0 Å². The van der Waals surface area contributed by atoms with Crippen molar-refractivity contribution in [3.63, 3.8) is 0 Å². The Morgan fingerprint density at radius 1 is 1.38 bits per heavy atom. The Morgan fingerprint density at radius 2 is 2.14 bits per heavy atom. The summed E-state index contributed by atoms with van der Waals surface area (Å²) in [4.78, 5) is 16.7. The summed E-state index contributed by atoms with van der Waals surface area (Å²) in [6.07, 6.45) is 6.96. The van der Waals surface area contributed by atoms with Crippen molar-refractivity contribution in [1.29, 1.82) is 0 Å². The summed E-state index contributed by atoms with van der Waals surface area (Å²) in [5.74, 6) is 1.07. The number of carbonyl (C=O) groups is 1. The van der Waals surface area contributed by atoms with Gasteiger partial charge in [0, 0.05) is 5.69 Å². The number of amides is 2. The second-order valence-electron chi connectivity index (χ2n) is 8.51. The van der Waals surface area contributed by atoms with Crippen molar-refractivity contribution < 1.29 is 14.1 Å². The summed E-state index contributed by atoms with van der Waals surface area (Å²) in [5.41, 5.74) is 3.41. The molecule has 0 spiro atoms. The molecule has 0 saturated heterocycles. The molecule has 2 aromatic rings. The van der Waals surface area contributed by atoms with Crippen molar-refractivity contribution in [3.05, 3.63) is 40.0 Å². The number of carbonyl (C=O) groups excluding carboxylic acids is 1. The molecule has 0 aliphatic heterocycles. The van der Waals surface area contributed by atoms with Gasteiger partial charge in [0.05, 0.1) is 16.8 Å². The number of aliphatic hydroxyl groups is 1. The molecule has 1 aromatic carbocycles. The van der Waals surface area contributed by atoms with E-state index in [9.17, 15) is 14.1 Å². The van der Waals surface area contributed by atoms with Crippen molar-refractivity contribution in [2.24, 2.45) is 10.3 Å². The van der Waals surface area contributed by atoms with Gasteiger partial charge >= 0.3 is 6.03 Å². The second kappa shape index (κ2) is 7.81. The summed E-state index contributed by atoms with van der Waals surface area (Å²) in [5, 5.41) is 13.4. The molecule has 2 aliphatic rings. The smallest absolute Gasteiger partial charge is 0.353 e. The topological polar surface area (TPSA) is 91.7 Å². The van der Waals surface area contributed by atoms with Crippen LogP contribution in [-0.2, 0) is 29.0 Å². The highest BCUT2D eigenvalue weighted by molar-refractivity contribution is 7.78. The highest BCUT2D eigenvalue weighted by Gasteiger charge is 2.32. The summed E-state index contributed by atoms with van der Waals surface area (Å²) in [7, 11) is -2.26. The van der Waals surface area contributed by atoms with Crippen LogP contribution in [0.4, 0.5) is 10.5 Å². The van der Waals surface area contributed by atoms with E-state index in [4.69, 9.17) is 0 Å². The fourth-order valence-corrected chi connectivity index (χ4v) is 5.79. The second-order valence-corrected chi connectivity index (χ2v) is 11.1. The molecule has 1 saturated carbocycles. The number of benzene rings is 1. The number of hydrogen-bond acceptors (Lipinski definition) is 5. The molecule has 2 aliphatic carbocycles. The van der Waals surface area contributed by atoms with Crippen LogP contribution < -0.4 is 5.32 Å². The summed E-state index contributed by atoms with van der Waals surface area (Å²) < 4.78 is 16.8. The quantitative estimate of drug-likeness (QED) is 0.600. The third-order valence-electron chi connectivity index (χ3n) is 5.75. The van der Waals surface area contributed by atoms with E-state index in [1.807, 2.05) is 0 Å². The van der Waals surface area contributed by atoms with Crippen LogP contribution in [0.25, 0.3) is 0 Å². The molecule has 0 bridgehead atoms. The first-order valence-electron chi connectivity index (χ1n) is 10.1. The number of anilines is 1. The number of nitrogens with zero attached hydrogens (tertiary/aromatic N) is 2. The van der Waals surface area contributed by atoms with Gasteiger partial charge in [0.2, 0.25) is 0 Å². The van der Waals surface area contributed by atoms with E-state index in [-0.39, 0.29) is 0 Å². The number of fused-ring (bicyclic) bond motifs is 1. The molecule has 4 rings (SSSR count). The van der Waals surface area contributed by atoms with Gasteiger partial charge in [-0.25, -0.2) is 14.0 Å². The first-order valence-corrected chi connectivity index (χ1v) is 12.1. The molecule has 6 nitrogen and oxygen atoms in total. The van der Waals surface area contributed by atoms with Crippen LogP contribution in [0.15, 0.2) is 26.9 Å². The highest BCUT2D eigenvalue weighted by Crippen LogP contribution is 2.46. The minimum atomic E-state index is -2.26. The van der Waals surface area contributed by atoms with E-state index in [1.54, 1.807) is 13.8 Å². The van der Waals surface area contributed by atoms with E-state index in [2.05, 4.69) is 33.7 Å². The zero-order valence-corrected chi connectivity index (χ0v) is 18.6. The van der Waals surface area contributed by atoms with Gasteiger partial charge in [0.25, 0.3) is 0 Å². The number of thiol groups is 1. The standard InChI is InChI=1S/C21H27N3O3S2/c1-12(13-7-8-13)15-10-9-14-5-4-6-16(14)18(15)23-20(25)24-29(27)17-11-22-19(28-17)21(2,3)26/h9-13,26,29H,4-8H2,1-3H3,(H,23,25)/t12-/m0/s1. The number of aryl methyl sites for hydroxylation is 1. The molecule has 156 valence electrons. The summed E-state index contributed by atoms with van der Waals surface area (Å²) in [6.45, 7) is 5.45. The van der Waals surface area contributed by atoms with E-state index >= 15 is 0 Å². The maximum Gasteiger partial charge on any atom is 0.353 e. The molecule has 1 unspecified atom stereocenters. The van der Waals surface area contributed by atoms with Crippen molar-refractivity contribution in [3.8, 4) is 0 Å². The molecular weight excluding hydrogens is 406 g/mol. The average molecular weight is 434 g/mol. The van der Waals surface area contributed by atoms with Crippen LogP contribution in [0, 0.1) is 5.92 Å². The van der Waals surface area contributed by atoms with Crippen LogP contribution in [-0.4, -0.2) is 20.3 Å². The number of urea groups is 1. The number of aromatic nitrogens is 1. The largest absolute Gasteiger partial charge is 0.383 e. The molecule has 1 heterocycles. The third kappa shape index (κ3) is 4.39. The Labute approximate surface area is 177 Å². The first-order chi connectivity index (χ1) is 13.7. The molecule has 2 amide bonds. The molecule has 2 atom stereocenters. The lowest BCUT2D eigenvalue weighted by atomic mass is 9.91. The van der Waals surface area contributed by atoms with Crippen LogP contribution in [0.5, 0.6) is 0 Å². The van der Waals surface area contributed by atoms with Gasteiger partial charge in [-0.15, -0.1) is 15.7 Å². The van der Waals surface area contributed by atoms with Gasteiger partial charge < -0.3 is 10.4 Å². The third-order valence-corrected chi connectivity index (χ3v) is 8.46. The Morgan fingerprint density at radius 3 is 2.79 bits per heavy atom. The average Bonchev–Trinajstić information content (AvgIpc) is 3.17. The fraction of sp³-hybridized carbons (Fsp3) is 0.524. The number of nitrogens with one attached hydrogen (secondary N) is 1. The van der Waals surface area contributed by atoms with E-state index in [0.717, 1.165) is 41.9 Å². The predicted molar refractivity (Wildman–Crippen MR) is 116 cm³/mol. The Hall–Kier alpha value is -1.77. The van der Waals surface area contributed by atoms with E-state index in [0.29, 0.717) is 21.1 Å². The van der Waals surface area contributed by atoms with E-state index in [1.165, 1.54) is 30.2 Å². The highest BCUT2D eigenvalue weighted by atomic mass is 32.2. The van der Waals surface area contributed by atoms with Crippen molar-refractivity contribution in [2.75, 3.05) is 5.32 Å². The summed E-state index contributed by atoms with van der Waals surface area (Å²) in [6, 6.07) is 3.75. The molecular formula is C21H27N3O3S2. The Kier molecular flexibility index (Phi) is 5.52. The molecule has 8 heteroatoms. The van der Waals surface area contributed by atoms with Crippen LogP contribution in [0.2, 0.25) is 0 Å². The molecule has 1 aromatic heterocycles. The van der Waals surface area contributed by atoms with Gasteiger partial charge in [-0.3, -0.25) is 0 Å². The normalized spacial score (nSPS) is 18.5. The molecule has 1 fully saturated rings. The fourth-order valence-electron chi connectivity index (χ4n) is 3.96. The lowest BCUT2D eigenvalue weighted by Crippen LogP contribution is -2.14. The maximum atomic E-state index is 12.6. The maximum absolute atomic E-state index is 12.6. The predicted octanol–water partition coefficient (Wildman–Crippen LogP) is 4.63. The minimum absolute atomic E-state index is 0.386. The summed E-state index contributed by atoms with van der Waals surface area (Å²) >= 11 is 1.12. The zero-order chi connectivity index (χ0) is 20.8. The van der Waals surface area contributed by atoms with E-state index < -0.39 is 22.2 Å². The lowest BCUT2D eigenvalue weighted by molar-refractivity contribution is 0.0783. The Balaban J connectivity index is 1.59. The lowest BCUT2D eigenvalue weighted by Gasteiger charge is -2.19. The molecule has 29 heavy (non-hydrogen) atoms. The Bertz CT molecular complexity index is 1030. The first kappa shape index (κ1) is 20.5. The number of hydrogen-bond donors (Lipinski definition) is 3. The zero-order valence-electron chi connectivity index (χ0n) is 16.9.